The van der Waals surface area contributed by atoms with E-state index in [2.05, 4.69) is 16.5 Å². The topological polar surface area (TPSA) is 121 Å². The highest BCUT2D eigenvalue weighted by atomic mass is 32.1. The quantitative estimate of drug-likeness (QED) is 0.203. The number of hydrogen-bond acceptors (Lipinski definition) is 10. The Labute approximate surface area is 291 Å². The van der Waals surface area contributed by atoms with Gasteiger partial charge in [-0.1, -0.05) is 18.7 Å². The zero-order valence-electron chi connectivity index (χ0n) is 27.9. The van der Waals surface area contributed by atoms with Crippen molar-refractivity contribution in [3.8, 4) is 23.2 Å². The zero-order valence-corrected chi connectivity index (χ0v) is 28.7. The summed E-state index contributed by atoms with van der Waals surface area (Å²) in [6.45, 7) is 8.07. The Morgan fingerprint density at radius 1 is 1.26 bits per heavy atom. The van der Waals surface area contributed by atoms with Gasteiger partial charge >= 0.3 is 6.01 Å². The van der Waals surface area contributed by atoms with Crippen LogP contribution in [0.3, 0.4) is 0 Å². The molecule has 4 aromatic rings. The van der Waals surface area contributed by atoms with Gasteiger partial charge in [0.05, 0.1) is 34.5 Å². The van der Waals surface area contributed by atoms with Crippen molar-refractivity contribution in [3.63, 3.8) is 0 Å². The summed E-state index contributed by atoms with van der Waals surface area (Å²) in [7, 11) is 1.58. The SMILES string of the molecule is C=CC(=O)N1CCC(N(CC)c2nc(OC[C@@]34CCCN3C[C@H](F)C4)nc3c(F)c(-c4ccc(F)c5sc(N)c(C#N)c45)ccc23)C1COC. The zero-order chi connectivity index (χ0) is 35.3. The van der Waals surface area contributed by atoms with E-state index < -0.39 is 23.3 Å². The van der Waals surface area contributed by atoms with E-state index in [0.717, 1.165) is 30.7 Å². The lowest BCUT2D eigenvalue weighted by Gasteiger charge is -2.36. The summed E-state index contributed by atoms with van der Waals surface area (Å²) in [5.41, 5.74) is 6.05. The van der Waals surface area contributed by atoms with Gasteiger partial charge in [0.25, 0.3) is 0 Å². The van der Waals surface area contributed by atoms with Gasteiger partial charge in [-0.05, 0) is 56.5 Å². The molecule has 0 bridgehead atoms. The van der Waals surface area contributed by atoms with Crippen molar-refractivity contribution in [3.05, 3.63) is 54.1 Å². The fourth-order valence-corrected chi connectivity index (χ4v) is 9.24. The highest BCUT2D eigenvalue weighted by Crippen LogP contribution is 2.44. The first-order chi connectivity index (χ1) is 24.1. The average molecular weight is 706 g/mol. The van der Waals surface area contributed by atoms with Crippen LogP contribution in [-0.4, -0.2) is 96.0 Å². The van der Waals surface area contributed by atoms with Gasteiger partial charge in [0.2, 0.25) is 5.91 Å². The van der Waals surface area contributed by atoms with Crippen LogP contribution in [0.1, 0.15) is 38.2 Å². The molecule has 7 rings (SSSR count). The number of fused-ring (bicyclic) bond motifs is 3. The first-order valence-corrected chi connectivity index (χ1v) is 17.6. The van der Waals surface area contributed by atoms with E-state index in [9.17, 15) is 18.8 Å². The van der Waals surface area contributed by atoms with Crippen molar-refractivity contribution in [1.82, 2.24) is 19.8 Å². The molecule has 14 heteroatoms. The van der Waals surface area contributed by atoms with Gasteiger partial charge in [-0.2, -0.15) is 15.2 Å². The fraction of sp³-hybridized carbons (Fsp3) is 0.444. The van der Waals surface area contributed by atoms with Crippen LogP contribution in [-0.2, 0) is 9.53 Å². The Morgan fingerprint density at radius 2 is 2.06 bits per heavy atom. The van der Waals surface area contributed by atoms with E-state index in [-0.39, 0.29) is 68.9 Å². The molecule has 2 N–H and O–H groups in total. The molecule has 0 aliphatic carbocycles. The van der Waals surface area contributed by atoms with E-state index in [1.807, 2.05) is 17.9 Å². The predicted octanol–water partition coefficient (Wildman–Crippen LogP) is 5.83. The number of hydrogen-bond donors (Lipinski definition) is 1. The van der Waals surface area contributed by atoms with Crippen LogP contribution in [0.15, 0.2) is 36.9 Å². The Bertz CT molecular complexity index is 2040. The molecule has 262 valence electrons. The Morgan fingerprint density at radius 3 is 2.80 bits per heavy atom. The fourth-order valence-electron chi connectivity index (χ4n) is 8.29. The molecule has 5 heterocycles. The lowest BCUT2D eigenvalue weighted by Crippen LogP contribution is -2.49. The number of thiophene rings is 1. The number of nitrogens with zero attached hydrogens (tertiary/aromatic N) is 6. The predicted molar refractivity (Wildman–Crippen MR) is 187 cm³/mol. The second-order valence-corrected chi connectivity index (χ2v) is 14.2. The second-order valence-electron chi connectivity index (χ2n) is 13.2. The number of ether oxygens (including phenoxy) is 2. The van der Waals surface area contributed by atoms with Crippen LogP contribution in [0, 0.1) is 23.0 Å². The minimum Gasteiger partial charge on any atom is -0.461 e. The van der Waals surface area contributed by atoms with Crippen LogP contribution < -0.4 is 15.4 Å². The number of amides is 1. The van der Waals surface area contributed by atoms with Gasteiger partial charge in [0.15, 0.2) is 5.82 Å². The number of aromatic nitrogens is 2. The summed E-state index contributed by atoms with van der Waals surface area (Å²) in [5.74, 6) is -1.06. The largest absolute Gasteiger partial charge is 0.461 e. The summed E-state index contributed by atoms with van der Waals surface area (Å²) in [4.78, 5) is 28.2. The third-order valence-electron chi connectivity index (χ3n) is 10.5. The van der Waals surface area contributed by atoms with Gasteiger partial charge in [0, 0.05) is 49.5 Å². The number of carbonyl (C=O) groups is 1. The molecule has 50 heavy (non-hydrogen) atoms. The van der Waals surface area contributed by atoms with E-state index >= 15 is 4.39 Å². The van der Waals surface area contributed by atoms with Crippen molar-refractivity contribution in [2.75, 3.05) is 57.1 Å². The van der Waals surface area contributed by atoms with Crippen molar-refractivity contribution in [2.24, 2.45) is 0 Å². The van der Waals surface area contributed by atoms with Crippen LogP contribution in [0.25, 0.3) is 32.1 Å². The van der Waals surface area contributed by atoms with Gasteiger partial charge in [-0.15, -0.1) is 11.3 Å². The molecule has 0 radical (unpaired) electrons. The lowest BCUT2D eigenvalue weighted by molar-refractivity contribution is -0.127. The highest BCUT2D eigenvalue weighted by Gasteiger charge is 2.49. The Kier molecular flexibility index (Phi) is 9.08. The molecule has 2 aromatic heterocycles. The van der Waals surface area contributed by atoms with Crippen LogP contribution >= 0.6 is 11.3 Å². The van der Waals surface area contributed by atoms with E-state index in [1.165, 1.54) is 18.2 Å². The number of benzene rings is 2. The molecule has 3 aliphatic heterocycles. The highest BCUT2D eigenvalue weighted by molar-refractivity contribution is 7.23. The minimum atomic E-state index is -0.958. The lowest BCUT2D eigenvalue weighted by atomic mass is 9.95. The third kappa shape index (κ3) is 5.52. The third-order valence-corrected chi connectivity index (χ3v) is 11.6. The summed E-state index contributed by atoms with van der Waals surface area (Å²) >= 11 is 0.938. The Balaban J connectivity index is 1.38. The number of alkyl halides is 1. The number of halogens is 3. The number of nitriles is 1. The first kappa shape index (κ1) is 34.0. The smallest absolute Gasteiger partial charge is 0.319 e. The van der Waals surface area contributed by atoms with Crippen molar-refractivity contribution >= 4 is 49.1 Å². The second kappa shape index (κ2) is 13.4. The van der Waals surface area contributed by atoms with Crippen LogP contribution in [0.2, 0.25) is 0 Å². The van der Waals surface area contributed by atoms with E-state index in [1.54, 1.807) is 24.1 Å². The maximum absolute atomic E-state index is 17.0. The molecule has 0 saturated carbocycles. The number of likely N-dealkylation sites (tertiary alicyclic amines) is 1. The number of carbonyl (C=O) groups excluding carboxylic acids is 1. The average Bonchev–Trinajstić information content (AvgIpc) is 3.86. The van der Waals surface area contributed by atoms with Crippen LogP contribution in [0.4, 0.5) is 24.0 Å². The molecular weight excluding hydrogens is 668 g/mol. The summed E-state index contributed by atoms with van der Waals surface area (Å²) in [5, 5.41) is 10.7. The van der Waals surface area contributed by atoms with Crippen molar-refractivity contribution < 1.29 is 27.4 Å². The maximum Gasteiger partial charge on any atom is 0.319 e. The van der Waals surface area contributed by atoms with Gasteiger partial charge in [-0.25, -0.2) is 13.2 Å². The first-order valence-electron chi connectivity index (χ1n) is 16.8. The molecule has 3 aliphatic rings. The number of rotatable bonds is 10. The van der Waals surface area contributed by atoms with E-state index in [4.69, 9.17) is 20.2 Å². The van der Waals surface area contributed by atoms with Crippen LogP contribution in [0.5, 0.6) is 6.01 Å². The van der Waals surface area contributed by atoms with Crippen molar-refractivity contribution in [2.45, 2.75) is 56.4 Å². The van der Waals surface area contributed by atoms with Gasteiger partial charge < -0.3 is 25.0 Å². The molecule has 2 unspecified atom stereocenters. The van der Waals surface area contributed by atoms with Gasteiger partial charge in [0.1, 0.15) is 41.0 Å². The monoisotopic (exact) mass is 705 g/mol. The number of likely N-dealkylation sites (N-methyl/N-ethyl adjacent to an activating group) is 1. The molecule has 3 saturated heterocycles. The number of nitrogens with two attached hydrogens (primary N) is 1. The minimum absolute atomic E-state index is 0.0315. The standard InChI is InChI=1S/C36H38F3N7O3S/c1-4-28(47)46-14-11-26(27(46)18-48-3)45(5-2)34-23-8-7-22(21-9-10-25(38)32-29(21)24(16-40)33(41)50-32)30(39)31(23)42-35(43-34)49-19-36-12-6-13-44(36)17-20(37)15-36/h4,7-10,20,26-27H,1,5-6,11-15,17-19,41H2,2-3H3/t20-,26?,27?,36+/m1/s1. The molecule has 1 amide bonds. The molecule has 4 atom stereocenters. The molecular formula is C36H38F3N7O3S. The van der Waals surface area contributed by atoms with Crippen molar-refractivity contribution in [1.29, 1.82) is 5.26 Å². The van der Waals surface area contributed by atoms with Gasteiger partial charge in [-0.3, -0.25) is 9.69 Å². The molecule has 3 fully saturated rings. The maximum atomic E-state index is 17.0. The molecule has 0 spiro atoms. The number of nitrogen functional groups attached to an aromatic ring is 1. The summed E-state index contributed by atoms with van der Waals surface area (Å²) in [6.07, 6.45) is 2.96. The summed E-state index contributed by atoms with van der Waals surface area (Å²) in [6, 6.07) is 7.36. The Hall–Kier alpha value is -4.45. The molecule has 10 nitrogen and oxygen atoms in total. The number of methoxy groups -OCH3 is 1. The number of anilines is 2. The summed E-state index contributed by atoms with van der Waals surface area (Å²) < 4.78 is 58.5. The normalized spacial score (nSPS) is 23.4. The molecule has 2 aromatic carbocycles. The van der Waals surface area contributed by atoms with E-state index in [0.29, 0.717) is 49.2 Å².